The molecule has 0 unspecified atom stereocenters. The van der Waals surface area contributed by atoms with E-state index in [0.717, 1.165) is 43.9 Å². The molecule has 2 rings (SSSR count). The van der Waals surface area contributed by atoms with Crippen LogP contribution >= 0.6 is 11.6 Å². The molecule has 1 heterocycles. The van der Waals surface area contributed by atoms with Crippen LogP contribution in [0, 0.1) is 12.8 Å². The van der Waals surface area contributed by atoms with Crippen LogP contribution in [0.15, 0.2) is 18.2 Å². The predicted octanol–water partition coefficient (Wildman–Crippen LogP) is 3.54. The van der Waals surface area contributed by atoms with Gasteiger partial charge in [-0.15, -0.1) is 0 Å². The summed E-state index contributed by atoms with van der Waals surface area (Å²) >= 11 is 6.05. The summed E-state index contributed by atoms with van der Waals surface area (Å²) in [6.45, 7) is 4.26. The standard InChI is InChI=1S/C15H21ClN2O2/c1-11-13(16)4-3-5-14(11)17-15(19)18(2)10-12-6-8-20-9-7-12/h3-5,12H,6-10H2,1-2H3,(H,17,19). The third kappa shape index (κ3) is 3.87. The first-order valence-electron chi connectivity index (χ1n) is 6.93. The van der Waals surface area contributed by atoms with E-state index in [1.54, 1.807) is 4.90 Å². The van der Waals surface area contributed by atoms with Gasteiger partial charge in [-0.2, -0.15) is 0 Å². The van der Waals surface area contributed by atoms with E-state index in [1.165, 1.54) is 0 Å². The van der Waals surface area contributed by atoms with Crippen LogP contribution in [0.1, 0.15) is 18.4 Å². The van der Waals surface area contributed by atoms with Crippen LogP contribution in [0.2, 0.25) is 5.02 Å². The summed E-state index contributed by atoms with van der Waals surface area (Å²) in [4.78, 5) is 13.9. The predicted molar refractivity (Wildman–Crippen MR) is 81.4 cm³/mol. The Labute approximate surface area is 125 Å². The molecule has 2 amide bonds. The average molecular weight is 297 g/mol. The smallest absolute Gasteiger partial charge is 0.321 e. The van der Waals surface area contributed by atoms with Crippen molar-refractivity contribution in [3.8, 4) is 0 Å². The molecule has 1 aliphatic heterocycles. The first-order chi connectivity index (χ1) is 9.58. The van der Waals surface area contributed by atoms with Crippen molar-refractivity contribution in [2.24, 2.45) is 5.92 Å². The van der Waals surface area contributed by atoms with E-state index < -0.39 is 0 Å². The van der Waals surface area contributed by atoms with Gasteiger partial charge < -0.3 is 15.0 Å². The van der Waals surface area contributed by atoms with Crippen molar-refractivity contribution in [2.75, 3.05) is 32.1 Å². The molecule has 1 N–H and O–H groups in total. The van der Waals surface area contributed by atoms with Gasteiger partial charge in [0.15, 0.2) is 0 Å². The minimum absolute atomic E-state index is 0.0955. The van der Waals surface area contributed by atoms with Crippen molar-refractivity contribution < 1.29 is 9.53 Å². The monoisotopic (exact) mass is 296 g/mol. The molecule has 0 spiro atoms. The summed E-state index contributed by atoms with van der Waals surface area (Å²) in [6.07, 6.45) is 2.04. The summed E-state index contributed by atoms with van der Waals surface area (Å²) in [5, 5.41) is 3.57. The van der Waals surface area contributed by atoms with Gasteiger partial charge in [-0.1, -0.05) is 17.7 Å². The Hall–Kier alpha value is -1.26. The molecule has 5 heteroatoms. The zero-order chi connectivity index (χ0) is 14.5. The van der Waals surface area contributed by atoms with Gasteiger partial charge in [0.25, 0.3) is 0 Å². The Morgan fingerprint density at radius 2 is 2.15 bits per heavy atom. The number of halogens is 1. The van der Waals surface area contributed by atoms with E-state index in [9.17, 15) is 4.79 Å². The highest BCUT2D eigenvalue weighted by atomic mass is 35.5. The fourth-order valence-corrected chi connectivity index (χ4v) is 2.53. The maximum atomic E-state index is 12.2. The molecule has 1 aromatic rings. The molecular formula is C15H21ClN2O2. The Balaban J connectivity index is 1.91. The van der Waals surface area contributed by atoms with E-state index >= 15 is 0 Å². The lowest BCUT2D eigenvalue weighted by Gasteiger charge is -2.27. The lowest BCUT2D eigenvalue weighted by Crippen LogP contribution is -2.37. The number of carbonyl (C=O) groups is 1. The van der Waals surface area contributed by atoms with Gasteiger partial charge in [-0.05, 0) is 43.4 Å². The van der Waals surface area contributed by atoms with Crippen LogP contribution in [0.3, 0.4) is 0 Å². The Bertz CT molecular complexity index is 473. The third-order valence-corrected chi connectivity index (χ3v) is 4.14. The summed E-state index contributed by atoms with van der Waals surface area (Å²) < 4.78 is 5.33. The van der Waals surface area contributed by atoms with Crippen molar-refractivity contribution >= 4 is 23.3 Å². The van der Waals surface area contributed by atoms with Crippen LogP contribution < -0.4 is 5.32 Å². The third-order valence-electron chi connectivity index (χ3n) is 3.73. The molecule has 0 saturated carbocycles. The van der Waals surface area contributed by atoms with Crippen LogP contribution in [0.5, 0.6) is 0 Å². The molecule has 0 aliphatic carbocycles. The number of hydrogen-bond donors (Lipinski definition) is 1. The topological polar surface area (TPSA) is 41.6 Å². The van der Waals surface area contributed by atoms with Gasteiger partial charge in [0.05, 0.1) is 0 Å². The van der Waals surface area contributed by atoms with Crippen LogP contribution in [0.25, 0.3) is 0 Å². The number of hydrogen-bond acceptors (Lipinski definition) is 2. The van der Waals surface area contributed by atoms with Gasteiger partial charge in [-0.25, -0.2) is 4.79 Å². The fraction of sp³-hybridized carbons (Fsp3) is 0.533. The second-order valence-corrected chi connectivity index (χ2v) is 5.69. The first kappa shape index (κ1) is 15.1. The lowest BCUT2D eigenvalue weighted by atomic mass is 10.00. The molecule has 1 aromatic carbocycles. The molecule has 1 aliphatic rings. The average Bonchev–Trinajstić information content (AvgIpc) is 2.45. The van der Waals surface area contributed by atoms with E-state index in [2.05, 4.69) is 5.32 Å². The van der Waals surface area contributed by atoms with Crippen LogP contribution in [0.4, 0.5) is 10.5 Å². The number of carbonyl (C=O) groups excluding carboxylic acids is 1. The molecule has 1 fully saturated rings. The highest BCUT2D eigenvalue weighted by Crippen LogP contribution is 2.23. The number of amides is 2. The van der Waals surface area contributed by atoms with E-state index in [0.29, 0.717) is 10.9 Å². The summed E-state index contributed by atoms with van der Waals surface area (Å²) in [5.74, 6) is 0.528. The molecule has 20 heavy (non-hydrogen) atoms. The van der Waals surface area contributed by atoms with E-state index in [1.807, 2.05) is 32.2 Å². The Morgan fingerprint density at radius 3 is 2.85 bits per heavy atom. The van der Waals surface area contributed by atoms with E-state index in [4.69, 9.17) is 16.3 Å². The maximum Gasteiger partial charge on any atom is 0.321 e. The SMILES string of the molecule is Cc1c(Cl)cccc1NC(=O)N(C)CC1CCOCC1. The van der Waals surface area contributed by atoms with Gasteiger partial charge in [0, 0.05) is 37.5 Å². The molecule has 110 valence electrons. The van der Waals surface area contributed by atoms with Crippen molar-refractivity contribution in [1.29, 1.82) is 0 Å². The highest BCUT2D eigenvalue weighted by Gasteiger charge is 2.19. The number of rotatable bonds is 3. The number of nitrogens with one attached hydrogen (secondary N) is 1. The number of urea groups is 1. The van der Waals surface area contributed by atoms with Crippen molar-refractivity contribution in [2.45, 2.75) is 19.8 Å². The van der Waals surface area contributed by atoms with Gasteiger partial charge >= 0.3 is 6.03 Å². The molecule has 0 bridgehead atoms. The first-order valence-corrected chi connectivity index (χ1v) is 7.30. The molecule has 0 aromatic heterocycles. The molecule has 1 saturated heterocycles. The summed E-state index contributed by atoms with van der Waals surface area (Å²) in [7, 11) is 1.82. The van der Waals surface area contributed by atoms with Crippen molar-refractivity contribution in [3.63, 3.8) is 0 Å². The maximum absolute atomic E-state index is 12.2. The van der Waals surface area contributed by atoms with Crippen molar-refractivity contribution in [1.82, 2.24) is 4.90 Å². The number of nitrogens with zero attached hydrogens (tertiary/aromatic N) is 1. The summed E-state index contributed by atoms with van der Waals surface area (Å²) in [6, 6.07) is 5.42. The van der Waals surface area contributed by atoms with Crippen LogP contribution in [-0.2, 0) is 4.74 Å². The van der Waals surface area contributed by atoms with Crippen LogP contribution in [-0.4, -0.2) is 37.7 Å². The fourth-order valence-electron chi connectivity index (χ4n) is 2.35. The molecule has 4 nitrogen and oxygen atoms in total. The zero-order valence-electron chi connectivity index (χ0n) is 12.0. The largest absolute Gasteiger partial charge is 0.381 e. The zero-order valence-corrected chi connectivity index (χ0v) is 12.7. The van der Waals surface area contributed by atoms with Crippen molar-refractivity contribution in [3.05, 3.63) is 28.8 Å². The number of ether oxygens (including phenoxy) is 1. The normalized spacial score (nSPS) is 15.9. The van der Waals surface area contributed by atoms with Gasteiger partial charge in [0.2, 0.25) is 0 Å². The van der Waals surface area contributed by atoms with Gasteiger partial charge in [-0.3, -0.25) is 0 Å². The lowest BCUT2D eigenvalue weighted by molar-refractivity contribution is 0.0592. The molecule has 0 atom stereocenters. The van der Waals surface area contributed by atoms with Gasteiger partial charge in [0.1, 0.15) is 0 Å². The Kier molecular flexibility index (Phi) is 5.26. The number of benzene rings is 1. The molecular weight excluding hydrogens is 276 g/mol. The number of anilines is 1. The highest BCUT2D eigenvalue weighted by molar-refractivity contribution is 6.31. The summed E-state index contributed by atoms with van der Waals surface area (Å²) in [5.41, 5.74) is 1.66. The van der Waals surface area contributed by atoms with E-state index in [-0.39, 0.29) is 6.03 Å². The second kappa shape index (κ2) is 6.95. The molecule has 0 radical (unpaired) electrons. The minimum atomic E-state index is -0.0955. The minimum Gasteiger partial charge on any atom is -0.381 e. The second-order valence-electron chi connectivity index (χ2n) is 5.28. The Morgan fingerprint density at radius 1 is 1.45 bits per heavy atom. The quantitative estimate of drug-likeness (QED) is 0.927.